The Morgan fingerprint density at radius 3 is 2.23 bits per heavy atom. The number of para-hydroxylation sites is 2. The van der Waals surface area contributed by atoms with Crippen molar-refractivity contribution >= 4 is 11.0 Å². The van der Waals surface area contributed by atoms with Crippen LogP contribution in [-0.2, 0) is 13.2 Å². The number of benzene rings is 3. The quantitative estimate of drug-likeness (QED) is 0.400. The summed E-state index contributed by atoms with van der Waals surface area (Å²) in [5, 5.41) is 0. The summed E-state index contributed by atoms with van der Waals surface area (Å²) in [5.74, 6) is 3.35. The van der Waals surface area contributed by atoms with Crippen LogP contribution in [0, 0.1) is 13.8 Å². The number of nitrogens with zero attached hydrogens (tertiary/aromatic N) is 2. The van der Waals surface area contributed by atoms with Gasteiger partial charge in [-0.2, -0.15) is 0 Å². The van der Waals surface area contributed by atoms with Crippen LogP contribution in [0.5, 0.6) is 17.2 Å². The third kappa shape index (κ3) is 4.57. The van der Waals surface area contributed by atoms with Crippen LogP contribution < -0.4 is 14.2 Å². The van der Waals surface area contributed by atoms with Crippen LogP contribution in [0.1, 0.15) is 17.0 Å². The number of rotatable bonds is 8. The van der Waals surface area contributed by atoms with E-state index in [1.165, 1.54) is 11.1 Å². The molecule has 5 heteroatoms. The third-order valence-corrected chi connectivity index (χ3v) is 4.94. The zero-order valence-electron chi connectivity index (χ0n) is 17.6. The van der Waals surface area contributed by atoms with Crippen molar-refractivity contribution in [1.82, 2.24) is 9.55 Å². The maximum absolute atomic E-state index is 6.03. The van der Waals surface area contributed by atoms with E-state index < -0.39 is 0 Å². The number of aryl methyl sites for hydroxylation is 2. The second kappa shape index (κ2) is 8.91. The summed E-state index contributed by atoms with van der Waals surface area (Å²) in [7, 11) is 1.65. The van der Waals surface area contributed by atoms with Crippen LogP contribution in [0.15, 0.2) is 66.7 Å². The summed E-state index contributed by atoms with van der Waals surface area (Å²) in [6.07, 6.45) is 0. The minimum atomic E-state index is 0.380. The molecule has 0 radical (unpaired) electrons. The van der Waals surface area contributed by atoms with Crippen LogP contribution in [-0.4, -0.2) is 23.3 Å². The Hall–Kier alpha value is -3.47. The van der Waals surface area contributed by atoms with Gasteiger partial charge in [-0.15, -0.1) is 0 Å². The smallest absolute Gasteiger partial charge is 0.148 e. The fourth-order valence-corrected chi connectivity index (χ4v) is 3.58. The van der Waals surface area contributed by atoms with Gasteiger partial charge in [-0.05, 0) is 73.5 Å². The molecule has 0 aliphatic rings. The van der Waals surface area contributed by atoms with E-state index in [2.05, 4.69) is 42.7 Å². The topological polar surface area (TPSA) is 45.5 Å². The van der Waals surface area contributed by atoms with E-state index in [4.69, 9.17) is 19.2 Å². The first kappa shape index (κ1) is 19.8. The molecule has 4 aromatic rings. The van der Waals surface area contributed by atoms with Gasteiger partial charge >= 0.3 is 0 Å². The van der Waals surface area contributed by atoms with Gasteiger partial charge in [-0.3, -0.25) is 0 Å². The lowest BCUT2D eigenvalue weighted by Gasteiger charge is -2.12. The fraction of sp³-hybridized carbons (Fsp3) is 0.240. The monoisotopic (exact) mass is 402 g/mol. The van der Waals surface area contributed by atoms with Crippen molar-refractivity contribution in [3.05, 3.63) is 83.7 Å². The molecule has 0 bridgehead atoms. The molecule has 0 spiro atoms. The molecule has 1 aromatic heterocycles. The molecule has 0 aliphatic heterocycles. The van der Waals surface area contributed by atoms with Gasteiger partial charge in [0.25, 0.3) is 0 Å². The first-order valence-corrected chi connectivity index (χ1v) is 10.0. The number of methoxy groups -OCH3 is 1. The first-order valence-electron chi connectivity index (χ1n) is 10.0. The lowest BCUT2D eigenvalue weighted by molar-refractivity contribution is 0.272. The van der Waals surface area contributed by atoms with Crippen molar-refractivity contribution in [2.45, 2.75) is 27.0 Å². The average molecular weight is 402 g/mol. The Bertz CT molecular complexity index is 1110. The zero-order valence-corrected chi connectivity index (χ0v) is 17.6. The molecule has 154 valence electrons. The Morgan fingerprint density at radius 1 is 0.800 bits per heavy atom. The molecule has 0 fully saturated rings. The number of ether oxygens (including phenoxy) is 3. The predicted octanol–water partition coefficient (Wildman–Crippen LogP) is 5.32. The normalized spacial score (nSPS) is 10.9. The van der Waals surface area contributed by atoms with Crippen LogP contribution in [0.4, 0.5) is 0 Å². The minimum absolute atomic E-state index is 0.380. The Kier molecular flexibility index (Phi) is 5.89. The van der Waals surface area contributed by atoms with Gasteiger partial charge in [0.05, 0.1) is 24.7 Å². The number of aromatic nitrogens is 2. The van der Waals surface area contributed by atoms with Crippen molar-refractivity contribution in [1.29, 1.82) is 0 Å². The summed E-state index contributed by atoms with van der Waals surface area (Å²) >= 11 is 0. The van der Waals surface area contributed by atoms with E-state index >= 15 is 0 Å². The van der Waals surface area contributed by atoms with E-state index in [1.807, 2.05) is 42.5 Å². The Labute approximate surface area is 176 Å². The standard InChI is InChI=1S/C25H26N2O3/c1-18-14-19(2)16-22(15-18)29-13-12-27-24-7-5-4-6-23(24)26-25(27)17-30-21-10-8-20(28-3)9-11-21/h4-11,14-16H,12-13,17H2,1-3H3. The number of fused-ring (bicyclic) bond motifs is 1. The fourth-order valence-electron chi connectivity index (χ4n) is 3.58. The number of imidazole rings is 1. The molecule has 0 unspecified atom stereocenters. The van der Waals surface area contributed by atoms with Crippen molar-refractivity contribution in [3.8, 4) is 17.2 Å². The predicted molar refractivity (Wildman–Crippen MR) is 118 cm³/mol. The van der Waals surface area contributed by atoms with Crippen molar-refractivity contribution in [2.24, 2.45) is 0 Å². The molecule has 0 aliphatic carbocycles. The summed E-state index contributed by atoms with van der Waals surface area (Å²) in [5.41, 5.74) is 4.44. The second-order valence-corrected chi connectivity index (χ2v) is 7.30. The maximum Gasteiger partial charge on any atom is 0.148 e. The van der Waals surface area contributed by atoms with Gasteiger partial charge in [0.2, 0.25) is 0 Å². The highest BCUT2D eigenvalue weighted by molar-refractivity contribution is 5.75. The highest BCUT2D eigenvalue weighted by atomic mass is 16.5. The SMILES string of the molecule is COc1ccc(OCc2nc3ccccc3n2CCOc2cc(C)cc(C)c2)cc1. The third-order valence-electron chi connectivity index (χ3n) is 4.94. The van der Waals surface area contributed by atoms with E-state index in [0.29, 0.717) is 19.8 Å². The molecule has 5 nitrogen and oxygen atoms in total. The van der Waals surface area contributed by atoms with Gasteiger partial charge in [0.1, 0.15) is 36.3 Å². The second-order valence-electron chi connectivity index (χ2n) is 7.30. The maximum atomic E-state index is 6.03. The molecule has 0 amide bonds. The van der Waals surface area contributed by atoms with Crippen LogP contribution in [0.3, 0.4) is 0 Å². The van der Waals surface area contributed by atoms with Crippen LogP contribution in [0.2, 0.25) is 0 Å². The summed E-state index contributed by atoms with van der Waals surface area (Å²) in [6.45, 7) is 5.79. The molecule has 1 heterocycles. The lowest BCUT2D eigenvalue weighted by Crippen LogP contribution is -2.13. The van der Waals surface area contributed by atoms with E-state index in [0.717, 1.165) is 34.1 Å². The first-order chi connectivity index (χ1) is 14.6. The Morgan fingerprint density at radius 2 is 1.50 bits per heavy atom. The van der Waals surface area contributed by atoms with Crippen molar-refractivity contribution in [3.63, 3.8) is 0 Å². The van der Waals surface area contributed by atoms with Gasteiger partial charge in [-0.25, -0.2) is 4.98 Å². The molecular formula is C25H26N2O3. The van der Waals surface area contributed by atoms with Crippen LogP contribution in [0.25, 0.3) is 11.0 Å². The highest BCUT2D eigenvalue weighted by Gasteiger charge is 2.11. The largest absolute Gasteiger partial charge is 0.497 e. The summed E-state index contributed by atoms with van der Waals surface area (Å²) in [6, 6.07) is 22.0. The molecule has 0 saturated carbocycles. The van der Waals surface area contributed by atoms with Crippen molar-refractivity contribution < 1.29 is 14.2 Å². The lowest BCUT2D eigenvalue weighted by atomic mass is 10.1. The van der Waals surface area contributed by atoms with Crippen LogP contribution >= 0.6 is 0 Å². The Balaban J connectivity index is 1.49. The molecule has 3 aromatic carbocycles. The molecular weight excluding hydrogens is 376 g/mol. The molecule has 4 rings (SSSR count). The minimum Gasteiger partial charge on any atom is -0.497 e. The number of hydrogen-bond donors (Lipinski definition) is 0. The highest BCUT2D eigenvalue weighted by Crippen LogP contribution is 2.21. The average Bonchev–Trinajstić information content (AvgIpc) is 3.09. The van der Waals surface area contributed by atoms with Gasteiger partial charge in [0, 0.05) is 0 Å². The zero-order chi connectivity index (χ0) is 20.9. The van der Waals surface area contributed by atoms with E-state index in [1.54, 1.807) is 7.11 Å². The molecule has 0 atom stereocenters. The van der Waals surface area contributed by atoms with E-state index in [9.17, 15) is 0 Å². The van der Waals surface area contributed by atoms with E-state index in [-0.39, 0.29) is 0 Å². The number of hydrogen-bond acceptors (Lipinski definition) is 4. The molecule has 30 heavy (non-hydrogen) atoms. The molecule has 0 saturated heterocycles. The van der Waals surface area contributed by atoms with Crippen molar-refractivity contribution in [2.75, 3.05) is 13.7 Å². The summed E-state index contributed by atoms with van der Waals surface area (Å²) in [4.78, 5) is 4.77. The van der Waals surface area contributed by atoms with Gasteiger partial charge in [-0.1, -0.05) is 18.2 Å². The van der Waals surface area contributed by atoms with Gasteiger partial charge < -0.3 is 18.8 Å². The summed E-state index contributed by atoms with van der Waals surface area (Å²) < 4.78 is 19.4. The molecule has 0 N–H and O–H groups in total. The van der Waals surface area contributed by atoms with Gasteiger partial charge in [0.15, 0.2) is 0 Å².